The number of H-pyrrole nitrogens is 2. The summed E-state index contributed by atoms with van der Waals surface area (Å²) in [6.45, 7) is 15.7. The Bertz CT molecular complexity index is 2620. The number of carbonyl (C=O) groups is 4. The number of hydrogen-bond acceptors (Lipinski definition) is 10. The molecule has 4 amide bonds. The largest absolute Gasteiger partial charge is 0.453 e. The fourth-order valence-corrected chi connectivity index (χ4v) is 11.0. The molecule has 402 valence electrons. The lowest BCUT2D eigenvalue weighted by atomic mass is 9.85. The first-order valence-corrected chi connectivity index (χ1v) is 26.2. The average molecular weight is 1030 g/mol. The molecule has 75 heavy (non-hydrogen) atoms. The Kier molecular flexibility index (Phi) is 22.3. The van der Waals surface area contributed by atoms with E-state index in [1.54, 1.807) is 6.33 Å². The van der Waals surface area contributed by atoms with Gasteiger partial charge in [0.05, 0.1) is 74.8 Å². The number of amides is 4. The second-order valence-electron chi connectivity index (χ2n) is 19.4. The van der Waals surface area contributed by atoms with Crippen molar-refractivity contribution in [2.45, 2.75) is 148 Å². The number of carbonyl (C=O) groups excluding carboxylic acids is 4. The number of terminal acetylenes is 2. The molecule has 4 saturated heterocycles. The summed E-state index contributed by atoms with van der Waals surface area (Å²) in [5.74, 6) is 0.704. The minimum atomic E-state index is -0.704. The van der Waals surface area contributed by atoms with Gasteiger partial charge in [-0.3, -0.25) is 9.59 Å². The van der Waals surface area contributed by atoms with Gasteiger partial charge in [-0.15, -0.1) is 25.7 Å². The fraction of sp³-hybridized carbons (Fsp3) is 0.492. The van der Waals surface area contributed by atoms with E-state index in [4.69, 9.17) is 19.2 Å². The number of nitrogens with zero attached hydrogens (tertiary/aromatic N) is 4. The number of imidazole rings is 2. The van der Waals surface area contributed by atoms with Gasteiger partial charge in [0.15, 0.2) is 0 Å². The Morgan fingerprint density at radius 3 is 1.63 bits per heavy atom. The quantitative estimate of drug-likeness (QED) is 0.0979. The van der Waals surface area contributed by atoms with E-state index >= 15 is 0 Å². The van der Waals surface area contributed by atoms with E-state index in [9.17, 15) is 19.2 Å². The number of hydrogen-bond donors (Lipinski definition) is 4. The molecule has 10 atom stereocenters. The maximum atomic E-state index is 14.3. The molecule has 4 N–H and O–H groups in total. The molecule has 9 rings (SSSR count). The van der Waals surface area contributed by atoms with Crippen molar-refractivity contribution in [1.29, 1.82) is 0 Å². The van der Waals surface area contributed by atoms with Gasteiger partial charge in [-0.2, -0.15) is 0 Å². The molecule has 4 unspecified atom stereocenters. The van der Waals surface area contributed by atoms with Crippen molar-refractivity contribution in [2.24, 2.45) is 11.8 Å². The monoisotopic (exact) mass is 1030 g/mol. The number of fused-ring (bicyclic) bond motifs is 1. The van der Waals surface area contributed by atoms with E-state index in [2.05, 4.69) is 124 Å². The van der Waals surface area contributed by atoms with Crippen LogP contribution in [0, 0.1) is 37.5 Å². The molecule has 6 heterocycles. The predicted molar refractivity (Wildman–Crippen MR) is 294 cm³/mol. The summed E-state index contributed by atoms with van der Waals surface area (Å²) < 4.78 is 21.3. The topological polar surface area (TPSA) is 193 Å². The number of aromatic nitrogens is 4. The van der Waals surface area contributed by atoms with E-state index in [0.717, 1.165) is 91.1 Å². The number of rotatable bonds is 10. The average Bonchev–Trinajstić information content (AvgIpc) is 4.30. The molecular formula is C59H78N8O8. The van der Waals surface area contributed by atoms with Crippen LogP contribution >= 0.6 is 0 Å². The minimum absolute atomic E-state index is 0.00165. The molecule has 4 aliphatic rings. The predicted octanol–water partition coefficient (Wildman–Crippen LogP) is 10.3. The van der Waals surface area contributed by atoms with Gasteiger partial charge in [-0.05, 0) is 137 Å². The van der Waals surface area contributed by atoms with E-state index in [1.165, 1.54) is 25.0 Å². The smallest absolute Gasteiger partial charge is 0.407 e. The normalized spacial score (nSPS) is 23.6. The van der Waals surface area contributed by atoms with Crippen LogP contribution in [0.25, 0.3) is 44.4 Å². The van der Waals surface area contributed by atoms with Crippen LogP contribution in [-0.4, -0.2) is 124 Å². The highest BCUT2D eigenvalue weighted by molar-refractivity contribution is 5.91. The van der Waals surface area contributed by atoms with Gasteiger partial charge in [-0.1, -0.05) is 62.4 Å². The van der Waals surface area contributed by atoms with Crippen LogP contribution in [-0.2, 0) is 28.5 Å². The molecule has 3 aromatic carbocycles. The summed E-state index contributed by atoms with van der Waals surface area (Å²) in [7, 11) is 2.65. The van der Waals surface area contributed by atoms with Crippen molar-refractivity contribution in [3.8, 4) is 59.3 Å². The summed E-state index contributed by atoms with van der Waals surface area (Å²) in [5, 5.41) is 7.96. The van der Waals surface area contributed by atoms with Crippen molar-refractivity contribution in [2.75, 3.05) is 27.3 Å². The number of alkyl carbamates (subject to hydrolysis) is 2. The third-order valence-electron chi connectivity index (χ3n) is 14.3. The molecule has 5 aromatic rings. The van der Waals surface area contributed by atoms with E-state index in [1.807, 2.05) is 63.7 Å². The Hall–Kier alpha value is -7.14. The first-order chi connectivity index (χ1) is 36.3. The van der Waals surface area contributed by atoms with Gasteiger partial charge in [0.25, 0.3) is 0 Å². The van der Waals surface area contributed by atoms with Crippen LogP contribution < -0.4 is 10.6 Å². The standard InChI is InChI=1S/C38H42N6O4.C15H26N2O4.C2H6.2C2H2/c1-22-5-14-34(44(22)37(45)35(43-38(46)47-4)31-15-23(2)48-24(3)16-31)36-40-20-33(42-36)26-8-6-25(7-9-26)27-10-11-29-18-30(13-12-28(29)17-27)32-19-39-21-41-32;1-10-8-12(9-11(2)21-10)13(16-15(19)20-3)14(18)17-6-4-5-7-17;3*1-2/h6-13,17-24,31,34-35H,5,14-16H2,1-4H3,(H,39,41)(H,40,42)(H,43,46);10-13H,4-9H2,1-3H3,(H,16,19);1-2H3;2*1-2H/t22-,23-,24+,31?,34-,35?;10-,11+,12?,13?;;;/m0..../s1. The zero-order valence-electron chi connectivity index (χ0n) is 45.2. The van der Waals surface area contributed by atoms with Gasteiger partial charge in [0, 0.05) is 24.7 Å². The highest BCUT2D eigenvalue weighted by atomic mass is 16.5. The first kappa shape index (κ1) is 58.7. The molecule has 0 bridgehead atoms. The van der Waals surface area contributed by atoms with Crippen molar-refractivity contribution in [1.82, 2.24) is 40.4 Å². The maximum absolute atomic E-state index is 14.3. The zero-order chi connectivity index (χ0) is 54.8. The van der Waals surface area contributed by atoms with Crippen LogP contribution in [0.1, 0.15) is 112 Å². The van der Waals surface area contributed by atoms with E-state index in [-0.39, 0.29) is 60.1 Å². The van der Waals surface area contributed by atoms with Gasteiger partial charge >= 0.3 is 12.2 Å². The van der Waals surface area contributed by atoms with Crippen LogP contribution in [0.15, 0.2) is 79.4 Å². The fourth-order valence-electron chi connectivity index (χ4n) is 11.0. The lowest BCUT2D eigenvalue weighted by Gasteiger charge is -2.39. The number of ether oxygens (including phenoxy) is 4. The molecule has 4 aliphatic heterocycles. The molecule has 16 nitrogen and oxygen atoms in total. The second-order valence-corrected chi connectivity index (χ2v) is 19.4. The number of aromatic amines is 2. The SMILES string of the molecule is C#C.C#C.CC.COC(=O)NC(C(=O)N1CCCC1)C1C[C@@H](C)O[C@@H](C)C1.COC(=O)NC(C(=O)N1[C@@H](C)CC[C@H]1c1ncc(-c2ccc(-c3ccc4cc(-c5cnc[nH]5)ccc4c3)cc2)[nH]1)C1C[C@@H](C)O[C@@H](C)C1. The number of nitrogens with one attached hydrogen (secondary N) is 4. The van der Waals surface area contributed by atoms with Crippen molar-refractivity contribution >= 4 is 34.8 Å². The number of benzene rings is 3. The second kappa shape index (κ2) is 28.5. The summed E-state index contributed by atoms with van der Waals surface area (Å²) in [4.78, 5) is 70.4. The van der Waals surface area contributed by atoms with Gasteiger partial charge in [0.2, 0.25) is 11.8 Å². The number of likely N-dealkylation sites (tertiary alicyclic amines) is 2. The van der Waals surface area contributed by atoms with Gasteiger partial charge < -0.3 is 49.3 Å². The lowest BCUT2D eigenvalue weighted by Crippen LogP contribution is -2.55. The van der Waals surface area contributed by atoms with E-state index in [0.29, 0.717) is 12.8 Å². The summed E-state index contributed by atoms with van der Waals surface area (Å²) in [5.41, 5.74) is 6.29. The van der Waals surface area contributed by atoms with Crippen LogP contribution in [0.3, 0.4) is 0 Å². The van der Waals surface area contributed by atoms with Crippen molar-refractivity contribution < 1.29 is 38.1 Å². The van der Waals surface area contributed by atoms with Crippen molar-refractivity contribution in [3.63, 3.8) is 0 Å². The Morgan fingerprint density at radius 1 is 0.640 bits per heavy atom. The molecule has 0 saturated carbocycles. The molecule has 0 radical (unpaired) electrons. The third-order valence-corrected chi connectivity index (χ3v) is 14.3. The summed E-state index contributed by atoms with van der Waals surface area (Å²) in [6.07, 6.45) is 27.1. The Morgan fingerprint density at radius 2 is 1.12 bits per heavy atom. The maximum Gasteiger partial charge on any atom is 0.407 e. The molecule has 16 heteroatoms. The lowest BCUT2D eigenvalue weighted by molar-refractivity contribution is -0.140. The Balaban J connectivity index is 0.000000322. The van der Waals surface area contributed by atoms with Crippen LogP contribution in [0.2, 0.25) is 0 Å². The number of methoxy groups -OCH3 is 2. The highest BCUT2D eigenvalue weighted by Gasteiger charge is 2.44. The summed E-state index contributed by atoms with van der Waals surface area (Å²) in [6, 6.07) is 20.0. The minimum Gasteiger partial charge on any atom is -0.453 e. The molecule has 4 fully saturated rings. The zero-order valence-corrected chi connectivity index (χ0v) is 45.2. The third kappa shape index (κ3) is 15.0. The first-order valence-electron chi connectivity index (χ1n) is 26.2. The van der Waals surface area contributed by atoms with Crippen LogP contribution in [0.5, 0.6) is 0 Å². The molecule has 0 spiro atoms. The van der Waals surface area contributed by atoms with Crippen molar-refractivity contribution in [3.05, 3.63) is 85.2 Å². The van der Waals surface area contributed by atoms with Crippen LogP contribution in [0.4, 0.5) is 9.59 Å². The molecule has 2 aromatic heterocycles. The van der Waals surface area contributed by atoms with Gasteiger partial charge in [0.1, 0.15) is 17.9 Å². The highest BCUT2D eigenvalue weighted by Crippen LogP contribution is 2.39. The van der Waals surface area contributed by atoms with E-state index < -0.39 is 24.3 Å². The Labute approximate surface area is 443 Å². The summed E-state index contributed by atoms with van der Waals surface area (Å²) >= 11 is 0. The van der Waals surface area contributed by atoms with Gasteiger partial charge in [-0.25, -0.2) is 19.6 Å². The molecule has 0 aliphatic carbocycles. The molecular weight excluding hydrogens is 949 g/mol.